The average Bonchev–Trinajstić information content (AvgIpc) is 3.16. The van der Waals surface area contributed by atoms with E-state index in [0.717, 1.165) is 0 Å². The summed E-state index contributed by atoms with van der Waals surface area (Å²) in [5.41, 5.74) is 9.12. The number of rotatable bonds is 7. The van der Waals surface area contributed by atoms with Gasteiger partial charge in [-0.2, -0.15) is 0 Å². The predicted molar refractivity (Wildman–Crippen MR) is 141 cm³/mol. The summed E-state index contributed by atoms with van der Waals surface area (Å²) in [5.74, 6) is -2.06. The third-order valence-corrected chi connectivity index (χ3v) is 5.95. The van der Waals surface area contributed by atoms with E-state index in [0.29, 0.717) is 45.0 Å². The topological polar surface area (TPSA) is 125 Å². The third kappa shape index (κ3) is 5.52. The fourth-order valence-corrected chi connectivity index (χ4v) is 4.10. The first-order valence-corrected chi connectivity index (χ1v) is 11.5. The second kappa shape index (κ2) is 9.87. The number of halogens is 1. The Bertz CT molecular complexity index is 1410. The van der Waals surface area contributed by atoms with Gasteiger partial charge in [-0.3, -0.25) is 14.4 Å². The summed E-state index contributed by atoms with van der Waals surface area (Å²) in [4.78, 5) is 38.1. The minimum absolute atomic E-state index is 0.129. The van der Waals surface area contributed by atoms with Crippen LogP contribution in [0.3, 0.4) is 0 Å². The van der Waals surface area contributed by atoms with Crippen LogP contribution in [0.15, 0.2) is 66.7 Å². The first kappa shape index (κ1) is 25.6. The fourth-order valence-electron chi connectivity index (χ4n) is 4.10. The SMILES string of the molecule is CN(C(=O)C(C)(C)N)c1ccc(N/C(=C2\C(=O)Nc3cc(F)ccc32)c2ccc(CC(=O)O)cc2)cc1. The van der Waals surface area contributed by atoms with Gasteiger partial charge < -0.3 is 26.4 Å². The van der Waals surface area contributed by atoms with Crippen molar-refractivity contribution < 1.29 is 23.9 Å². The van der Waals surface area contributed by atoms with Crippen molar-refractivity contribution in [3.8, 4) is 0 Å². The van der Waals surface area contributed by atoms with E-state index < -0.39 is 23.2 Å². The molecule has 0 atom stereocenters. The number of carbonyl (C=O) groups excluding carboxylic acids is 2. The molecule has 1 heterocycles. The molecule has 3 aromatic rings. The van der Waals surface area contributed by atoms with Gasteiger partial charge in [-0.1, -0.05) is 24.3 Å². The van der Waals surface area contributed by atoms with Gasteiger partial charge in [0.1, 0.15) is 5.82 Å². The second-order valence-electron chi connectivity index (χ2n) is 9.42. The molecule has 0 radical (unpaired) electrons. The Morgan fingerprint density at radius 3 is 2.30 bits per heavy atom. The average molecular weight is 503 g/mol. The first-order chi connectivity index (χ1) is 17.4. The number of nitrogens with two attached hydrogens (primary N) is 1. The van der Waals surface area contributed by atoms with Gasteiger partial charge in [-0.05, 0) is 67.4 Å². The van der Waals surface area contributed by atoms with Crippen LogP contribution in [0.25, 0.3) is 11.3 Å². The van der Waals surface area contributed by atoms with Crippen molar-refractivity contribution in [3.63, 3.8) is 0 Å². The molecular formula is C28H27FN4O4. The van der Waals surface area contributed by atoms with Gasteiger partial charge in [0, 0.05) is 24.0 Å². The van der Waals surface area contributed by atoms with Crippen molar-refractivity contribution in [2.75, 3.05) is 22.6 Å². The zero-order valence-corrected chi connectivity index (χ0v) is 20.6. The molecule has 0 aliphatic carbocycles. The van der Waals surface area contributed by atoms with Crippen LogP contribution in [0.2, 0.25) is 0 Å². The Morgan fingerprint density at radius 2 is 1.70 bits per heavy atom. The number of carboxylic acids is 1. The number of hydrogen-bond acceptors (Lipinski definition) is 5. The van der Waals surface area contributed by atoms with E-state index in [1.807, 2.05) is 0 Å². The van der Waals surface area contributed by atoms with Crippen LogP contribution in [0.1, 0.15) is 30.5 Å². The Hall–Kier alpha value is -4.50. The number of benzene rings is 3. The highest BCUT2D eigenvalue weighted by molar-refractivity contribution is 6.37. The van der Waals surface area contributed by atoms with Crippen molar-refractivity contribution in [2.24, 2.45) is 5.73 Å². The van der Waals surface area contributed by atoms with Gasteiger partial charge in [0.2, 0.25) is 5.91 Å². The zero-order chi connectivity index (χ0) is 26.9. The Kier molecular flexibility index (Phi) is 6.82. The number of hydrogen-bond donors (Lipinski definition) is 4. The van der Waals surface area contributed by atoms with Crippen LogP contribution in [0, 0.1) is 5.82 Å². The lowest BCUT2D eigenvalue weighted by Gasteiger charge is -2.26. The van der Waals surface area contributed by atoms with E-state index >= 15 is 0 Å². The largest absolute Gasteiger partial charge is 0.481 e. The van der Waals surface area contributed by atoms with Gasteiger partial charge in [-0.25, -0.2) is 4.39 Å². The van der Waals surface area contributed by atoms with Crippen molar-refractivity contribution >= 4 is 46.1 Å². The van der Waals surface area contributed by atoms with E-state index in [4.69, 9.17) is 10.8 Å². The lowest BCUT2D eigenvalue weighted by molar-refractivity contribution is -0.136. The summed E-state index contributed by atoms with van der Waals surface area (Å²) < 4.78 is 13.8. The maximum absolute atomic E-state index is 13.8. The lowest BCUT2D eigenvalue weighted by Crippen LogP contribution is -2.49. The van der Waals surface area contributed by atoms with Crippen molar-refractivity contribution in [1.29, 1.82) is 0 Å². The fraction of sp³-hybridized carbons (Fsp3) is 0.179. The van der Waals surface area contributed by atoms with Crippen LogP contribution >= 0.6 is 0 Å². The van der Waals surface area contributed by atoms with E-state index in [2.05, 4.69) is 10.6 Å². The van der Waals surface area contributed by atoms with E-state index in [9.17, 15) is 18.8 Å². The summed E-state index contributed by atoms with van der Waals surface area (Å²) in [5, 5.41) is 15.1. The van der Waals surface area contributed by atoms with Crippen LogP contribution in [0.5, 0.6) is 0 Å². The molecule has 0 saturated heterocycles. The van der Waals surface area contributed by atoms with E-state index in [-0.39, 0.29) is 12.3 Å². The summed E-state index contributed by atoms with van der Waals surface area (Å²) in [6, 6.07) is 17.9. The number of amides is 2. The molecule has 0 spiro atoms. The summed E-state index contributed by atoms with van der Waals surface area (Å²) >= 11 is 0. The van der Waals surface area contributed by atoms with Crippen LogP contribution in [0.4, 0.5) is 21.5 Å². The van der Waals surface area contributed by atoms with Crippen LogP contribution < -0.4 is 21.3 Å². The molecule has 190 valence electrons. The molecule has 8 nitrogen and oxygen atoms in total. The second-order valence-corrected chi connectivity index (χ2v) is 9.42. The van der Waals surface area contributed by atoms with Crippen LogP contribution in [-0.2, 0) is 20.8 Å². The van der Waals surface area contributed by atoms with Crippen molar-refractivity contribution in [2.45, 2.75) is 25.8 Å². The molecule has 1 aliphatic heterocycles. The third-order valence-electron chi connectivity index (χ3n) is 5.95. The maximum Gasteiger partial charge on any atom is 0.307 e. The Morgan fingerprint density at radius 1 is 1.05 bits per heavy atom. The minimum Gasteiger partial charge on any atom is -0.481 e. The summed E-state index contributed by atoms with van der Waals surface area (Å²) in [6.07, 6.45) is -0.129. The molecule has 0 unspecified atom stereocenters. The number of anilines is 3. The van der Waals surface area contributed by atoms with Gasteiger partial charge in [0.15, 0.2) is 0 Å². The summed E-state index contributed by atoms with van der Waals surface area (Å²) in [6.45, 7) is 3.27. The standard InChI is InChI=1S/C28H27FN4O4/c1-28(2,30)27(37)33(3)20-11-9-19(10-12-20)31-25(17-6-4-16(5-7-17)14-23(34)35)24-21-13-8-18(29)15-22(21)32-26(24)36/h4-13,15,31H,14,30H2,1-3H3,(H,32,36)(H,34,35)/b25-24-. The number of likely N-dealkylation sites (N-methyl/N-ethyl adjacent to an activating group) is 1. The monoisotopic (exact) mass is 502 g/mol. The zero-order valence-electron chi connectivity index (χ0n) is 20.6. The predicted octanol–water partition coefficient (Wildman–Crippen LogP) is 4.09. The summed E-state index contributed by atoms with van der Waals surface area (Å²) in [7, 11) is 1.64. The number of aliphatic carboxylic acids is 1. The van der Waals surface area contributed by atoms with Crippen LogP contribution in [-0.4, -0.2) is 35.5 Å². The molecule has 2 amide bonds. The lowest BCUT2D eigenvalue weighted by atomic mass is 9.98. The number of nitrogens with one attached hydrogen (secondary N) is 2. The number of carboxylic acid groups (broad SMARTS) is 1. The molecule has 4 rings (SSSR count). The molecule has 5 N–H and O–H groups in total. The maximum atomic E-state index is 13.8. The van der Waals surface area contributed by atoms with Gasteiger partial charge in [0.05, 0.1) is 28.9 Å². The van der Waals surface area contributed by atoms with Crippen molar-refractivity contribution in [1.82, 2.24) is 0 Å². The van der Waals surface area contributed by atoms with Crippen molar-refractivity contribution in [3.05, 3.63) is 89.2 Å². The molecule has 0 bridgehead atoms. The highest BCUT2D eigenvalue weighted by Crippen LogP contribution is 2.38. The molecule has 0 saturated carbocycles. The molecule has 9 heteroatoms. The Balaban J connectivity index is 1.74. The molecule has 3 aromatic carbocycles. The molecule has 1 aliphatic rings. The first-order valence-electron chi connectivity index (χ1n) is 11.5. The van der Waals surface area contributed by atoms with Gasteiger partial charge in [0.25, 0.3) is 5.91 Å². The van der Waals surface area contributed by atoms with E-state index in [1.54, 1.807) is 69.4 Å². The highest BCUT2D eigenvalue weighted by Gasteiger charge is 2.29. The van der Waals surface area contributed by atoms with Gasteiger partial charge in [-0.15, -0.1) is 0 Å². The quantitative estimate of drug-likeness (QED) is 0.361. The molecule has 0 aromatic heterocycles. The number of nitrogens with zero attached hydrogens (tertiary/aromatic N) is 1. The minimum atomic E-state index is -1.03. The normalized spacial score (nSPS) is 14.0. The smallest absolute Gasteiger partial charge is 0.307 e. The molecule has 0 fully saturated rings. The number of fused-ring (bicyclic) bond motifs is 1. The van der Waals surface area contributed by atoms with Gasteiger partial charge >= 0.3 is 5.97 Å². The highest BCUT2D eigenvalue weighted by atomic mass is 19.1. The van der Waals surface area contributed by atoms with E-state index in [1.165, 1.54) is 23.1 Å². The molecular weight excluding hydrogens is 475 g/mol. The number of carbonyl (C=O) groups is 3. The Labute approximate surface area is 213 Å². The molecule has 37 heavy (non-hydrogen) atoms.